The van der Waals surface area contributed by atoms with Gasteiger partial charge in [-0.1, -0.05) is 58.4 Å². The molecule has 2 aromatic carbocycles. The molecule has 2 nitrogen and oxygen atoms in total. The summed E-state index contributed by atoms with van der Waals surface area (Å²) in [7, 11) is 0. The predicted molar refractivity (Wildman–Crippen MR) is 86.2 cm³/mol. The highest BCUT2D eigenvalue weighted by Crippen LogP contribution is 2.27. The smallest absolute Gasteiger partial charge is 0.227 e. The lowest BCUT2D eigenvalue weighted by Gasteiger charge is -2.21. The van der Waals surface area contributed by atoms with Crippen LogP contribution in [0.2, 0.25) is 0 Å². The minimum absolute atomic E-state index is 0.252. The van der Waals surface area contributed by atoms with Crippen LogP contribution < -0.4 is 0 Å². The van der Waals surface area contributed by atoms with E-state index >= 15 is 0 Å². The van der Waals surface area contributed by atoms with Gasteiger partial charge in [0.1, 0.15) is 0 Å². The van der Waals surface area contributed by atoms with Gasteiger partial charge in [0.25, 0.3) is 0 Å². The first-order valence-corrected chi connectivity index (χ1v) is 8.23. The van der Waals surface area contributed by atoms with Gasteiger partial charge in [0, 0.05) is 17.9 Å². The molecule has 0 aliphatic heterocycles. The number of halogens is 1. The lowest BCUT2D eigenvalue weighted by molar-refractivity contribution is -0.130. The molecule has 0 unspecified atom stereocenters. The Morgan fingerprint density at radius 1 is 1.15 bits per heavy atom. The second kappa shape index (κ2) is 5.96. The monoisotopic (exact) mass is 331 g/mol. The molecule has 0 heterocycles. The van der Waals surface area contributed by atoms with Crippen molar-refractivity contribution in [3.05, 3.63) is 48.0 Å². The summed E-state index contributed by atoms with van der Waals surface area (Å²) in [5, 5.41) is 3.28. The molecule has 0 spiro atoms. The van der Waals surface area contributed by atoms with Gasteiger partial charge in [-0.3, -0.25) is 4.79 Å². The van der Waals surface area contributed by atoms with E-state index in [1.807, 2.05) is 17.0 Å². The molecule has 1 aliphatic rings. The lowest BCUT2D eigenvalue weighted by atomic mass is 10.0. The Morgan fingerprint density at radius 2 is 1.90 bits per heavy atom. The third-order valence-corrected chi connectivity index (χ3v) is 4.16. The molecule has 20 heavy (non-hydrogen) atoms. The summed E-state index contributed by atoms with van der Waals surface area (Å²) in [4.78, 5) is 14.5. The molecule has 3 heteroatoms. The number of hydrogen-bond donors (Lipinski definition) is 0. The van der Waals surface area contributed by atoms with Gasteiger partial charge in [0.2, 0.25) is 5.91 Å². The van der Waals surface area contributed by atoms with Gasteiger partial charge in [-0.05, 0) is 29.2 Å². The van der Waals surface area contributed by atoms with Crippen molar-refractivity contribution in [2.75, 3.05) is 11.9 Å². The fourth-order valence-electron chi connectivity index (χ4n) is 2.61. The van der Waals surface area contributed by atoms with Crippen molar-refractivity contribution in [2.24, 2.45) is 0 Å². The van der Waals surface area contributed by atoms with Crippen LogP contribution in [0.25, 0.3) is 10.8 Å². The standard InChI is InChI=1S/C17H18BrNO/c18-9-10-19(16-7-8-16)17(20)12-13-5-6-14-3-1-2-4-15(14)11-13/h1-6,11,16H,7-10,12H2. The maximum atomic E-state index is 12.4. The number of hydrogen-bond acceptors (Lipinski definition) is 1. The van der Waals surface area contributed by atoms with E-state index < -0.39 is 0 Å². The predicted octanol–water partition coefficient (Wildman–Crippen LogP) is 3.77. The molecule has 0 radical (unpaired) electrons. The van der Waals surface area contributed by atoms with Gasteiger partial charge < -0.3 is 4.90 Å². The molecule has 1 amide bonds. The molecule has 0 aromatic heterocycles. The summed E-state index contributed by atoms with van der Waals surface area (Å²) in [5.74, 6) is 0.252. The summed E-state index contributed by atoms with van der Waals surface area (Å²) >= 11 is 3.44. The molecule has 3 rings (SSSR count). The van der Waals surface area contributed by atoms with Crippen molar-refractivity contribution in [1.29, 1.82) is 0 Å². The van der Waals surface area contributed by atoms with Crippen molar-refractivity contribution in [1.82, 2.24) is 4.90 Å². The molecule has 104 valence electrons. The fourth-order valence-corrected chi connectivity index (χ4v) is 3.00. The number of alkyl halides is 1. The molecule has 1 aliphatic carbocycles. The molecule has 1 fully saturated rings. The number of carbonyl (C=O) groups excluding carboxylic acids is 1. The highest BCUT2D eigenvalue weighted by Gasteiger charge is 2.31. The van der Waals surface area contributed by atoms with Gasteiger partial charge in [0.05, 0.1) is 6.42 Å². The Balaban J connectivity index is 1.76. The van der Waals surface area contributed by atoms with Crippen LogP contribution in [0.4, 0.5) is 0 Å². The number of nitrogens with zero attached hydrogens (tertiary/aromatic N) is 1. The van der Waals surface area contributed by atoms with Crippen molar-refractivity contribution in [3.8, 4) is 0 Å². The van der Waals surface area contributed by atoms with E-state index in [4.69, 9.17) is 0 Å². The van der Waals surface area contributed by atoms with Crippen LogP contribution in [0.15, 0.2) is 42.5 Å². The minimum atomic E-state index is 0.252. The van der Waals surface area contributed by atoms with Crippen molar-refractivity contribution in [2.45, 2.75) is 25.3 Å². The molecule has 0 atom stereocenters. The molecular weight excluding hydrogens is 314 g/mol. The van der Waals surface area contributed by atoms with E-state index in [9.17, 15) is 4.79 Å². The normalized spacial score (nSPS) is 14.4. The summed E-state index contributed by atoms with van der Waals surface area (Å²) < 4.78 is 0. The first-order valence-electron chi connectivity index (χ1n) is 7.11. The molecule has 2 aromatic rings. The molecular formula is C17H18BrNO. The first-order chi connectivity index (χ1) is 9.78. The average molecular weight is 332 g/mol. The summed E-state index contributed by atoms with van der Waals surface area (Å²) in [6.45, 7) is 0.817. The summed E-state index contributed by atoms with van der Waals surface area (Å²) in [6, 6.07) is 15.1. The second-order valence-corrected chi connectivity index (χ2v) is 6.16. The zero-order valence-electron chi connectivity index (χ0n) is 11.4. The number of rotatable bonds is 5. The number of fused-ring (bicyclic) bond motifs is 1. The molecule has 1 saturated carbocycles. The van der Waals surface area contributed by atoms with E-state index in [-0.39, 0.29) is 5.91 Å². The van der Waals surface area contributed by atoms with E-state index in [1.165, 1.54) is 10.8 Å². The Labute approximate surface area is 127 Å². The maximum absolute atomic E-state index is 12.4. The molecule has 0 bridgehead atoms. The van der Waals surface area contributed by atoms with Crippen LogP contribution in [0.3, 0.4) is 0 Å². The average Bonchev–Trinajstić information content (AvgIpc) is 3.29. The van der Waals surface area contributed by atoms with Gasteiger partial charge in [-0.2, -0.15) is 0 Å². The van der Waals surface area contributed by atoms with E-state index in [0.29, 0.717) is 12.5 Å². The third kappa shape index (κ3) is 3.04. The van der Waals surface area contributed by atoms with Gasteiger partial charge >= 0.3 is 0 Å². The summed E-state index contributed by atoms with van der Waals surface area (Å²) in [5.41, 5.74) is 1.11. The summed E-state index contributed by atoms with van der Waals surface area (Å²) in [6.07, 6.45) is 2.83. The first kappa shape index (κ1) is 13.6. The third-order valence-electron chi connectivity index (χ3n) is 3.80. The van der Waals surface area contributed by atoms with Crippen LogP contribution in [-0.4, -0.2) is 28.7 Å². The van der Waals surface area contributed by atoms with Crippen LogP contribution in [0.1, 0.15) is 18.4 Å². The second-order valence-electron chi connectivity index (χ2n) is 5.37. The topological polar surface area (TPSA) is 20.3 Å². The van der Waals surface area contributed by atoms with Gasteiger partial charge in [-0.15, -0.1) is 0 Å². The van der Waals surface area contributed by atoms with E-state index in [0.717, 1.165) is 30.3 Å². The van der Waals surface area contributed by atoms with Crippen LogP contribution in [-0.2, 0) is 11.2 Å². The zero-order valence-corrected chi connectivity index (χ0v) is 13.0. The Bertz CT molecular complexity index is 621. The highest BCUT2D eigenvalue weighted by atomic mass is 79.9. The Kier molecular flexibility index (Phi) is 4.06. The Morgan fingerprint density at radius 3 is 2.60 bits per heavy atom. The zero-order chi connectivity index (χ0) is 13.9. The minimum Gasteiger partial charge on any atom is -0.339 e. The lowest BCUT2D eigenvalue weighted by Crippen LogP contribution is -2.35. The molecule has 0 saturated heterocycles. The largest absolute Gasteiger partial charge is 0.339 e. The molecule has 0 N–H and O–H groups in total. The van der Waals surface area contributed by atoms with E-state index in [1.54, 1.807) is 0 Å². The van der Waals surface area contributed by atoms with E-state index in [2.05, 4.69) is 46.3 Å². The van der Waals surface area contributed by atoms with Crippen molar-refractivity contribution in [3.63, 3.8) is 0 Å². The van der Waals surface area contributed by atoms with Crippen molar-refractivity contribution >= 4 is 32.6 Å². The van der Waals surface area contributed by atoms with Crippen LogP contribution >= 0.6 is 15.9 Å². The number of benzene rings is 2. The number of carbonyl (C=O) groups is 1. The fraction of sp³-hybridized carbons (Fsp3) is 0.353. The Hall–Kier alpha value is -1.35. The van der Waals surface area contributed by atoms with Crippen LogP contribution in [0.5, 0.6) is 0 Å². The SMILES string of the molecule is O=C(Cc1ccc2ccccc2c1)N(CCBr)C1CC1. The number of amides is 1. The van der Waals surface area contributed by atoms with Crippen molar-refractivity contribution < 1.29 is 4.79 Å². The quantitative estimate of drug-likeness (QED) is 0.764. The van der Waals surface area contributed by atoms with Gasteiger partial charge in [-0.25, -0.2) is 0 Å². The van der Waals surface area contributed by atoms with Gasteiger partial charge in [0.15, 0.2) is 0 Å². The highest BCUT2D eigenvalue weighted by molar-refractivity contribution is 9.09. The maximum Gasteiger partial charge on any atom is 0.227 e. The van der Waals surface area contributed by atoms with Crippen LogP contribution in [0, 0.1) is 0 Å².